The molecule has 0 saturated carbocycles. The molecule has 0 unspecified atom stereocenters. The Hall–Kier alpha value is -1.50. The van der Waals surface area contributed by atoms with Gasteiger partial charge in [-0.2, -0.15) is 0 Å². The van der Waals surface area contributed by atoms with E-state index < -0.39 is 0 Å². The molecule has 24 heavy (non-hydrogen) atoms. The van der Waals surface area contributed by atoms with Crippen LogP contribution < -0.4 is 0 Å². The summed E-state index contributed by atoms with van der Waals surface area (Å²) in [6.07, 6.45) is 5.96. The predicted octanol–water partition coefficient (Wildman–Crippen LogP) is 0.837. The first kappa shape index (κ1) is 17.3. The van der Waals surface area contributed by atoms with Gasteiger partial charge in [0.05, 0.1) is 6.54 Å². The van der Waals surface area contributed by atoms with Crippen molar-refractivity contribution in [1.82, 2.24) is 19.7 Å². The zero-order valence-corrected chi connectivity index (χ0v) is 14.6. The van der Waals surface area contributed by atoms with Crippen LogP contribution in [0.2, 0.25) is 0 Å². The van der Waals surface area contributed by atoms with E-state index in [2.05, 4.69) is 26.7 Å². The van der Waals surface area contributed by atoms with Gasteiger partial charge in [-0.05, 0) is 50.7 Å². The van der Waals surface area contributed by atoms with Gasteiger partial charge >= 0.3 is 5.97 Å². The highest BCUT2D eigenvalue weighted by atomic mass is 16.5. The normalized spacial score (nSPS) is 21.7. The SMILES string of the molecule is CN1CCC(N2CCN(CC(=O)OCc3ccncc3)CC2)CC1. The van der Waals surface area contributed by atoms with Gasteiger partial charge in [0.2, 0.25) is 0 Å². The molecule has 0 radical (unpaired) electrons. The van der Waals surface area contributed by atoms with Crippen molar-refractivity contribution in [1.29, 1.82) is 0 Å². The molecule has 0 bridgehead atoms. The summed E-state index contributed by atoms with van der Waals surface area (Å²) in [4.78, 5) is 23.2. The second-order valence-corrected chi connectivity index (χ2v) is 6.86. The molecule has 3 rings (SSSR count). The third-order valence-corrected chi connectivity index (χ3v) is 5.11. The van der Waals surface area contributed by atoms with Crippen molar-refractivity contribution in [3.63, 3.8) is 0 Å². The van der Waals surface area contributed by atoms with Crippen LogP contribution in [0.4, 0.5) is 0 Å². The molecule has 0 N–H and O–H groups in total. The van der Waals surface area contributed by atoms with E-state index in [1.807, 2.05) is 12.1 Å². The monoisotopic (exact) mass is 332 g/mol. The lowest BCUT2D eigenvalue weighted by Gasteiger charge is -2.42. The van der Waals surface area contributed by atoms with Gasteiger partial charge in [0.25, 0.3) is 0 Å². The number of carbonyl (C=O) groups excluding carboxylic acids is 1. The van der Waals surface area contributed by atoms with Gasteiger partial charge in [0.1, 0.15) is 6.61 Å². The first-order chi connectivity index (χ1) is 11.7. The number of carbonyl (C=O) groups is 1. The molecule has 6 nitrogen and oxygen atoms in total. The Bertz CT molecular complexity index is 509. The van der Waals surface area contributed by atoms with Crippen molar-refractivity contribution in [3.8, 4) is 0 Å². The highest BCUT2D eigenvalue weighted by Crippen LogP contribution is 2.17. The number of esters is 1. The third-order valence-electron chi connectivity index (χ3n) is 5.11. The standard InChI is InChI=1S/C18H28N4O2/c1-20-8-4-17(5-9-20)22-12-10-21(11-13-22)14-18(23)24-15-16-2-6-19-7-3-16/h2-3,6-7,17H,4-5,8-15H2,1H3. The van der Waals surface area contributed by atoms with E-state index in [1.54, 1.807) is 12.4 Å². The second-order valence-electron chi connectivity index (χ2n) is 6.86. The number of pyridine rings is 1. The summed E-state index contributed by atoms with van der Waals surface area (Å²) < 4.78 is 5.36. The topological polar surface area (TPSA) is 48.9 Å². The molecular formula is C18H28N4O2. The first-order valence-electron chi connectivity index (χ1n) is 8.90. The molecule has 1 aromatic heterocycles. The van der Waals surface area contributed by atoms with Crippen LogP contribution in [0, 0.1) is 0 Å². The van der Waals surface area contributed by atoms with Crippen LogP contribution in [-0.4, -0.2) is 84.6 Å². The Balaban J connectivity index is 1.35. The zero-order valence-electron chi connectivity index (χ0n) is 14.6. The minimum atomic E-state index is -0.139. The summed E-state index contributed by atoms with van der Waals surface area (Å²) in [7, 11) is 2.20. The minimum Gasteiger partial charge on any atom is -0.460 e. The van der Waals surface area contributed by atoms with E-state index in [-0.39, 0.29) is 5.97 Å². The Morgan fingerprint density at radius 3 is 2.46 bits per heavy atom. The molecular weight excluding hydrogens is 304 g/mol. The van der Waals surface area contributed by atoms with Gasteiger partial charge in [-0.25, -0.2) is 0 Å². The van der Waals surface area contributed by atoms with Crippen LogP contribution in [-0.2, 0) is 16.1 Å². The summed E-state index contributed by atoms with van der Waals surface area (Å²) in [5.74, 6) is -0.139. The molecule has 0 spiro atoms. The van der Waals surface area contributed by atoms with Crippen LogP contribution in [0.15, 0.2) is 24.5 Å². The fourth-order valence-electron chi connectivity index (χ4n) is 3.52. The lowest BCUT2D eigenvalue weighted by Crippen LogP contribution is -2.53. The van der Waals surface area contributed by atoms with Crippen LogP contribution in [0.1, 0.15) is 18.4 Å². The molecule has 0 amide bonds. The van der Waals surface area contributed by atoms with Gasteiger partial charge in [0, 0.05) is 44.6 Å². The lowest BCUT2D eigenvalue weighted by atomic mass is 10.0. The van der Waals surface area contributed by atoms with Crippen LogP contribution >= 0.6 is 0 Å². The quantitative estimate of drug-likeness (QED) is 0.745. The fraction of sp³-hybridized carbons (Fsp3) is 0.667. The molecule has 2 fully saturated rings. The summed E-state index contributed by atoms with van der Waals surface area (Å²) in [5, 5.41) is 0. The number of hydrogen-bond acceptors (Lipinski definition) is 6. The Labute approximate surface area is 144 Å². The summed E-state index contributed by atoms with van der Waals surface area (Å²) >= 11 is 0. The molecule has 0 aliphatic carbocycles. The van der Waals surface area contributed by atoms with E-state index in [9.17, 15) is 4.79 Å². The number of hydrogen-bond donors (Lipinski definition) is 0. The van der Waals surface area contributed by atoms with Gasteiger partial charge < -0.3 is 9.64 Å². The number of nitrogens with zero attached hydrogens (tertiary/aromatic N) is 4. The van der Waals surface area contributed by atoms with E-state index in [4.69, 9.17) is 4.74 Å². The highest BCUT2D eigenvalue weighted by molar-refractivity contribution is 5.71. The molecule has 6 heteroatoms. The predicted molar refractivity (Wildman–Crippen MR) is 92.6 cm³/mol. The van der Waals surface area contributed by atoms with E-state index in [0.29, 0.717) is 13.2 Å². The van der Waals surface area contributed by atoms with Gasteiger partial charge in [-0.3, -0.25) is 19.6 Å². The maximum absolute atomic E-state index is 12.0. The van der Waals surface area contributed by atoms with Crippen molar-refractivity contribution < 1.29 is 9.53 Å². The minimum absolute atomic E-state index is 0.139. The highest BCUT2D eigenvalue weighted by Gasteiger charge is 2.27. The molecule has 2 aliphatic heterocycles. The molecule has 0 atom stereocenters. The van der Waals surface area contributed by atoms with Gasteiger partial charge in [-0.15, -0.1) is 0 Å². The largest absolute Gasteiger partial charge is 0.460 e. The van der Waals surface area contributed by atoms with Crippen molar-refractivity contribution in [2.45, 2.75) is 25.5 Å². The van der Waals surface area contributed by atoms with Crippen LogP contribution in [0.3, 0.4) is 0 Å². The lowest BCUT2D eigenvalue weighted by molar-refractivity contribution is -0.146. The van der Waals surface area contributed by atoms with E-state index in [0.717, 1.165) is 37.8 Å². The number of ether oxygens (including phenoxy) is 1. The van der Waals surface area contributed by atoms with Crippen molar-refractivity contribution in [2.24, 2.45) is 0 Å². The van der Waals surface area contributed by atoms with Gasteiger partial charge in [0.15, 0.2) is 0 Å². The Morgan fingerprint density at radius 1 is 1.12 bits per heavy atom. The van der Waals surface area contributed by atoms with E-state index in [1.165, 1.54) is 25.9 Å². The molecule has 1 aromatic rings. The average molecular weight is 332 g/mol. The maximum atomic E-state index is 12.0. The number of piperidine rings is 1. The fourth-order valence-corrected chi connectivity index (χ4v) is 3.52. The van der Waals surface area contributed by atoms with Crippen LogP contribution in [0.5, 0.6) is 0 Å². The average Bonchev–Trinajstić information content (AvgIpc) is 2.62. The Morgan fingerprint density at radius 2 is 1.79 bits per heavy atom. The van der Waals surface area contributed by atoms with Crippen molar-refractivity contribution in [2.75, 3.05) is 52.9 Å². The molecule has 2 saturated heterocycles. The Kier molecular flexibility index (Phi) is 6.18. The molecule has 0 aromatic carbocycles. The smallest absolute Gasteiger partial charge is 0.320 e. The number of likely N-dealkylation sites (tertiary alicyclic amines) is 1. The summed E-state index contributed by atoms with van der Waals surface area (Å²) in [5.41, 5.74) is 0.977. The molecule has 3 heterocycles. The summed E-state index contributed by atoms with van der Waals surface area (Å²) in [6, 6.07) is 4.46. The van der Waals surface area contributed by atoms with Crippen molar-refractivity contribution in [3.05, 3.63) is 30.1 Å². The van der Waals surface area contributed by atoms with Crippen molar-refractivity contribution >= 4 is 5.97 Å². The molecule has 2 aliphatic rings. The number of aromatic nitrogens is 1. The first-order valence-corrected chi connectivity index (χ1v) is 8.90. The number of piperazine rings is 1. The summed E-state index contributed by atoms with van der Waals surface area (Å²) in [6.45, 7) is 7.16. The van der Waals surface area contributed by atoms with Gasteiger partial charge in [-0.1, -0.05) is 0 Å². The van der Waals surface area contributed by atoms with Crippen LogP contribution in [0.25, 0.3) is 0 Å². The third kappa shape index (κ3) is 5.00. The molecule has 132 valence electrons. The zero-order chi connectivity index (χ0) is 16.8. The second kappa shape index (κ2) is 8.55. The van der Waals surface area contributed by atoms with E-state index >= 15 is 0 Å². The maximum Gasteiger partial charge on any atom is 0.320 e. The number of rotatable bonds is 5.